The number of carbonyl (C=O) groups is 3. The van der Waals surface area contributed by atoms with Crippen molar-refractivity contribution in [2.45, 2.75) is 60.0 Å². The number of imidazole rings is 1. The van der Waals surface area contributed by atoms with Crippen molar-refractivity contribution in [3.63, 3.8) is 0 Å². The molecule has 0 fully saturated rings. The molecular weight excluding hydrogens is 466 g/mol. The van der Waals surface area contributed by atoms with E-state index in [-0.39, 0.29) is 12.0 Å². The molecule has 35 heavy (non-hydrogen) atoms. The van der Waals surface area contributed by atoms with Gasteiger partial charge in [-0.25, -0.2) is 14.6 Å². The molecule has 0 aliphatic heterocycles. The highest BCUT2D eigenvalue weighted by molar-refractivity contribution is 7.17. The summed E-state index contributed by atoms with van der Waals surface area (Å²) >= 11 is 1.42. The molecule has 0 saturated carbocycles. The smallest absolute Gasteiger partial charge is 0.341 e. The Hall–Kier alpha value is -3.20. The summed E-state index contributed by atoms with van der Waals surface area (Å²) in [6.07, 6.45) is 3.07. The second kappa shape index (κ2) is 9.81. The zero-order valence-corrected chi connectivity index (χ0v) is 21.5. The van der Waals surface area contributed by atoms with E-state index in [2.05, 4.69) is 36.1 Å². The van der Waals surface area contributed by atoms with E-state index in [1.807, 2.05) is 0 Å². The number of rotatable bonds is 6. The van der Waals surface area contributed by atoms with Crippen LogP contribution >= 0.6 is 11.3 Å². The quantitative estimate of drug-likeness (QED) is 0.457. The van der Waals surface area contributed by atoms with Crippen molar-refractivity contribution in [2.24, 2.45) is 11.3 Å². The van der Waals surface area contributed by atoms with E-state index in [0.29, 0.717) is 27.6 Å². The first-order chi connectivity index (χ1) is 16.6. The van der Waals surface area contributed by atoms with Gasteiger partial charge in [0.15, 0.2) is 6.10 Å². The number of aromatic nitrogens is 2. The number of H-pyrrole nitrogens is 1. The standard InChI is InChI=1S/C26H31N3O5S/c1-6-33-25(32)21-17-9-8-16(26(3,4)5)12-20(17)35-23(21)29-22(30)14(2)34-24(31)15-7-10-18-19(11-15)28-13-27-18/h7,10-11,13-14,16H,6,8-9,12H2,1-5H3,(H,27,28)(H,29,30). The lowest BCUT2D eigenvalue weighted by Gasteiger charge is -2.33. The van der Waals surface area contributed by atoms with Gasteiger partial charge >= 0.3 is 11.9 Å². The van der Waals surface area contributed by atoms with Crippen LogP contribution in [0.4, 0.5) is 5.00 Å². The molecule has 2 unspecified atom stereocenters. The van der Waals surface area contributed by atoms with Crippen LogP contribution in [0.5, 0.6) is 0 Å². The summed E-state index contributed by atoms with van der Waals surface area (Å²) in [6, 6.07) is 4.95. The molecule has 186 valence electrons. The van der Waals surface area contributed by atoms with Gasteiger partial charge in [-0.05, 0) is 68.2 Å². The Morgan fingerprint density at radius 3 is 2.74 bits per heavy atom. The van der Waals surface area contributed by atoms with Crippen molar-refractivity contribution in [3.05, 3.63) is 46.1 Å². The highest BCUT2D eigenvalue weighted by Gasteiger charge is 2.35. The van der Waals surface area contributed by atoms with E-state index in [0.717, 1.165) is 35.2 Å². The number of carbonyl (C=O) groups excluding carboxylic acids is 3. The molecule has 2 atom stereocenters. The third-order valence-corrected chi connectivity index (χ3v) is 7.69. The lowest BCUT2D eigenvalue weighted by atomic mass is 9.72. The molecule has 1 aliphatic carbocycles. The monoisotopic (exact) mass is 497 g/mol. The summed E-state index contributed by atoms with van der Waals surface area (Å²) < 4.78 is 10.7. The Kier molecular flexibility index (Phi) is 6.98. The van der Waals surface area contributed by atoms with Gasteiger partial charge in [0.2, 0.25) is 0 Å². The number of thiophene rings is 1. The van der Waals surface area contributed by atoms with Gasteiger partial charge < -0.3 is 19.8 Å². The highest BCUT2D eigenvalue weighted by Crippen LogP contribution is 2.44. The van der Waals surface area contributed by atoms with Crippen molar-refractivity contribution >= 4 is 45.2 Å². The molecule has 1 aliphatic rings. The number of hydrogen-bond donors (Lipinski definition) is 2. The summed E-state index contributed by atoms with van der Waals surface area (Å²) in [5.74, 6) is -1.07. The van der Waals surface area contributed by atoms with E-state index < -0.39 is 23.9 Å². The number of fused-ring (bicyclic) bond motifs is 2. The molecule has 2 N–H and O–H groups in total. The normalized spacial score (nSPS) is 16.4. The predicted octanol–water partition coefficient (Wildman–Crippen LogP) is 5.14. The molecule has 0 spiro atoms. The second-order valence-electron chi connectivity index (χ2n) is 9.91. The van der Waals surface area contributed by atoms with Crippen molar-refractivity contribution in [2.75, 3.05) is 11.9 Å². The molecule has 0 radical (unpaired) electrons. The Bertz CT molecular complexity index is 1270. The fraction of sp³-hybridized carbons (Fsp3) is 0.462. The average Bonchev–Trinajstić information content (AvgIpc) is 3.41. The van der Waals surface area contributed by atoms with Crippen molar-refractivity contribution in [1.29, 1.82) is 0 Å². The zero-order valence-electron chi connectivity index (χ0n) is 20.7. The Morgan fingerprint density at radius 1 is 1.26 bits per heavy atom. The van der Waals surface area contributed by atoms with Gasteiger partial charge in [-0.2, -0.15) is 0 Å². The molecule has 1 aromatic carbocycles. The summed E-state index contributed by atoms with van der Waals surface area (Å²) in [4.78, 5) is 46.6. The minimum absolute atomic E-state index is 0.150. The van der Waals surface area contributed by atoms with Gasteiger partial charge in [0.05, 0.1) is 35.1 Å². The van der Waals surface area contributed by atoms with E-state index >= 15 is 0 Å². The van der Waals surface area contributed by atoms with Gasteiger partial charge in [-0.3, -0.25) is 4.79 Å². The van der Waals surface area contributed by atoms with Crippen molar-refractivity contribution < 1.29 is 23.9 Å². The first-order valence-electron chi connectivity index (χ1n) is 11.8. The maximum atomic E-state index is 13.0. The summed E-state index contributed by atoms with van der Waals surface area (Å²) in [5, 5.41) is 3.28. The van der Waals surface area contributed by atoms with Crippen LogP contribution in [0.15, 0.2) is 24.5 Å². The van der Waals surface area contributed by atoms with E-state index in [1.54, 1.807) is 31.5 Å². The number of nitrogens with one attached hydrogen (secondary N) is 2. The molecule has 4 rings (SSSR count). The summed E-state index contributed by atoms with van der Waals surface area (Å²) in [6.45, 7) is 10.2. The van der Waals surface area contributed by atoms with Gasteiger partial charge in [-0.1, -0.05) is 20.8 Å². The lowest BCUT2D eigenvalue weighted by Crippen LogP contribution is -2.30. The lowest BCUT2D eigenvalue weighted by molar-refractivity contribution is -0.123. The molecule has 9 heteroatoms. The molecule has 1 amide bonds. The topological polar surface area (TPSA) is 110 Å². The molecule has 0 bridgehead atoms. The number of ether oxygens (including phenoxy) is 2. The number of aromatic amines is 1. The van der Waals surface area contributed by atoms with E-state index in [9.17, 15) is 14.4 Å². The maximum absolute atomic E-state index is 13.0. The van der Waals surface area contributed by atoms with Crippen LogP contribution in [0.1, 0.15) is 72.2 Å². The van der Waals surface area contributed by atoms with Gasteiger partial charge in [0.25, 0.3) is 5.91 Å². The average molecular weight is 498 g/mol. The SMILES string of the molecule is CCOC(=O)c1c(NC(=O)C(C)OC(=O)c2ccc3nc[nH]c3c2)sc2c1CCC(C(C)(C)C)C2. The number of anilines is 1. The molecule has 2 aromatic heterocycles. The van der Waals surface area contributed by atoms with Gasteiger partial charge in [-0.15, -0.1) is 11.3 Å². The summed E-state index contributed by atoms with van der Waals surface area (Å²) in [7, 11) is 0. The summed E-state index contributed by atoms with van der Waals surface area (Å²) in [5.41, 5.74) is 3.28. The highest BCUT2D eigenvalue weighted by atomic mass is 32.1. The minimum Gasteiger partial charge on any atom is -0.462 e. The number of hydrogen-bond acceptors (Lipinski definition) is 7. The van der Waals surface area contributed by atoms with E-state index in [1.165, 1.54) is 18.3 Å². The molecule has 3 aromatic rings. The maximum Gasteiger partial charge on any atom is 0.341 e. The third kappa shape index (κ3) is 5.24. The van der Waals surface area contributed by atoms with Crippen LogP contribution in [0.3, 0.4) is 0 Å². The van der Waals surface area contributed by atoms with Crippen molar-refractivity contribution in [1.82, 2.24) is 9.97 Å². The molecular formula is C26H31N3O5S. The van der Waals surface area contributed by atoms with Crippen LogP contribution in [-0.2, 0) is 27.1 Å². The number of amides is 1. The van der Waals surface area contributed by atoms with Crippen LogP contribution in [-0.4, -0.2) is 40.5 Å². The molecule has 8 nitrogen and oxygen atoms in total. The molecule has 0 saturated heterocycles. The van der Waals surface area contributed by atoms with Crippen molar-refractivity contribution in [3.8, 4) is 0 Å². The number of nitrogens with zero attached hydrogens (tertiary/aromatic N) is 1. The Morgan fingerprint density at radius 2 is 2.03 bits per heavy atom. The Labute approximate surface area is 208 Å². The minimum atomic E-state index is -1.06. The number of esters is 2. The van der Waals surface area contributed by atoms with Crippen LogP contribution in [0.2, 0.25) is 0 Å². The van der Waals surface area contributed by atoms with Crippen LogP contribution < -0.4 is 5.32 Å². The fourth-order valence-electron chi connectivity index (χ4n) is 4.39. The fourth-order valence-corrected chi connectivity index (χ4v) is 5.71. The zero-order chi connectivity index (χ0) is 25.3. The second-order valence-corrected chi connectivity index (χ2v) is 11.0. The van der Waals surface area contributed by atoms with Crippen LogP contribution in [0.25, 0.3) is 11.0 Å². The van der Waals surface area contributed by atoms with Gasteiger partial charge in [0, 0.05) is 4.88 Å². The number of benzene rings is 1. The predicted molar refractivity (Wildman–Crippen MR) is 135 cm³/mol. The first kappa shape index (κ1) is 24.9. The van der Waals surface area contributed by atoms with Crippen LogP contribution in [0, 0.1) is 11.3 Å². The van der Waals surface area contributed by atoms with Gasteiger partial charge in [0.1, 0.15) is 5.00 Å². The molecule has 2 heterocycles. The largest absolute Gasteiger partial charge is 0.462 e. The third-order valence-electron chi connectivity index (χ3n) is 6.52. The Balaban J connectivity index is 1.52. The first-order valence-corrected chi connectivity index (χ1v) is 12.7. The van der Waals surface area contributed by atoms with E-state index in [4.69, 9.17) is 9.47 Å².